The topological polar surface area (TPSA) is 216 Å². The second-order valence-corrected chi connectivity index (χ2v) is 18.0. The summed E-state index contributed by atoms with van der Waals surface area (Å²) < 4.78 is 67.0. The number of halogens is 2. The van der Waals surface area contributed by atoms with Gasteiger partial charge < -0.3 is 24.7 Å². The molecule has 5 atom stereocenters. The third-order valence-electron chi connectivity index (χ3n) is 10.8. The number of carbonyl (C=O) groups excluding carboxylic acids is 3. The van der Waals surface area contributed by atoms with Crippen molar-refractivity contribution in [3.05, 3.63) is 35.7 Å². The van der Waals surface area contributed by atoms with Crippen molar-refractivity contribution >= 4 is 39.8 Å². The van der Waals surface area contributed by atoms with Crippen LogP contribution in [0.3, 0.4) is 0 Å². The van der Waals surface area contributed by atoms with E-state index in [4.69, 9.17) is 9.15 Å². The molecule has 0 unspecified atom stereocenters. The van der Waals surface area contributed by atoms with Gasteiger partial charge in [-0.1, -0.05) is 44.4 Å². The fraction of sp³-hybridized carbons (Fsp3) is 0.611. The third-order valence-corrected chi connectivity index (χ3v) is 12.6. The number of allylic oxidation sites excluding steroid dienone is 1. The van der Waals surface area contributed by atoms with E-state index in [0.29, 0.717) is 36.5 Å². The van der Waals surface area contributed by atoms with Gasteiger partial charge in [0.1, 0.15) is 23.4 Å². The zero-order valence-electron chi connectivity index (χ0n) is 31.6. The molecule has 2 aliphatic heterocycles. The monoisotopic (exact) mass is 800 g/mol. The van der Waals surface area contributed by atoms with E-state index in [1.165, 1.54) is 9.70 Å². The SMILES string of the molecule is COc1ccc2cc1/C=C/CCCCCc1nnc(o1)N[C@@H](C(C)(C)C)C(=O)N1C[C@@H](C[C@H]1C(=O)N[C@]1(C(=O)NS(=O)(=O)C3CC3)C[C@H]1C(F)F)n1nnc-2n1. The number of fused-ring (bicyclic) bond motifs is 10. The summed E-state index contributed by atoms with van der Waals surface area (Å²) in [4.78, 5) is 44.9. The lowest BCUT2D eigenvalue weighted by Gasteiger charge is -2.35. The number of aromatic nitrogens is 6. The zero-order chi connectivity index (χ0) is 40.0. The number of hydrogen-bond donors (Lipinski definition) is 3. The minimum Gasteiger partial charge on any atom is -0.496 e. The zero-order valence-corrected chi connectivity index (χ0v) is 32.4. The molecule has 7 rings (SSSR count). The van der Waals surface area contributed by atoms with Gasteiger partial charge >= 0.3 is 6.01 Å². The van der Waals surface area contributed by atoms with Crippen LogP contribution < -0.4 is 20.1 Å². The molecule has 56 heavy (non-hydrogen) atoms. The Hall–Kier alpha value is -5.01. The van der Waals surface area contributed by atoms with Gasteiger partial charge in [0.25, 0.3) is 5.91 Å². The quantitative estimate of drug-likeness (QED) is 0.313. The highest BCUT2D eigenvalue weighted by Gasteiger charge is 2.67. The average Bonchev–Trinajstić information content (AvgIpc) is 3.95. The molecule has 3 fully saturated rings. The van der Waals surface area contributed by atoms with Gasteiger partial charge in [-0.15, -0.1) is 15.3 Å². The molecule has 20 heteroatoms. The minimum atomic E-state index is -4.12. The first-order valence-electron chi connectivity index (χ1n) is 18.8. The molecule has 2 aromatic heterocycles. The molecule has 302 valence electrons. The van der Waals surface area contributed by atoms with E-state index in [2.05, 4.69) is 42.3 Å². The number of nitrogens with one attached hydrogen (secondary N) is 3. The van der Waals surface area contributed by atoms with Crippen LogP contribution in [-0.2, 0) is 30.8 Å². The van der Waals surface area contributed by atoms with Crippen LogP contribution in [-0.4, -0.2) is 104 Å². The molecule has 17 nitrogen and oxygen atoms in total. The summed E-state index contributed by atoms with van der Waals surface area (Å²) in [5, 5.41) is 26.2. The number of methoxy groups -OCH3 is 1. The van der Waals surface area contributed by atoms with E-state index >= 15 is 0 Å². The van der Waals surface area contributed by atoms with E-state index in [1.54, 1.807) is 19.2 Å². The number of amides is 3. The molecule has 3 aromatic rings. The summed E-state index contributed by atoms with van der Waals surface area (Å²) in [6.45, 7) is 5.34. The predicted octanol–water partition coefficient (Wildman–Crippen LogP) is 3.28. The Labute approximate surface area is 322 Å². The van der Waals surface area contributed by atoms with Crippen molar-refractivity contribution in [1.82, 2.24) is 45.3 Å². The number of sulfonamides is 1. The van der Waals surface area contributed by atoms with E-state index in [0.717, 1.165) is 31.2 Å². The van der Waals surface area contributed by atoms with Crippen molar-refractivity contribution in [2.24, 2.45) is 11.3 Å². The van der Waals surface area contributed by atoms with Crippen LogP contribution in [0.2, 0.25) is 0 Å². The normalized spacial score (nSPS) is 26.4. The van der Waals surface area contributed by atoms with Crippen molar-refractivity contribution in [2.45, 2.75) is 114 Å². The van der Waals surface area contributed by atoms with E-state index < -0.39 is 80.8 Å². The smallest absolute Gasteiger partial charge is 0.316 e. The van der Waals surface area contributed by atoms with Crippen LogP contribution in [0.4, 0.5) is 14.8 Å². The van der Waals surface area contributed by atoms with Gasteiger partial charge in [0.2, 0.25) is 40.0 Å². The fourth-order valence-corrected chi connectivity index (χ4v) is 8.65. The van der Waals surface area contributed by atoms with Crippen molar-refractivity contribution in [2.75, 3.05) is 19.0 Å². The third kappa shape index (κ3) is 8.10. The maximum atomic E-state index is 14.7. The average molecular weight is 801 g/mol. The lowest BCUT2D eigenvalue weighted by atomic mass is 9.85. The maximum absolute atomic E-state index is 14.7. The maximum Gasteiger partial charge on any atom is 0.316 e. The number of tetrazole rings is 1. The van der Waals surface area contributed by atoms with Gasteiger partial charge in [0.15, 0.2) is 0 Å². The van der Waals surface area contributed by atoms with Gasteiger partial charge in [0.05, 0.1) is 24.3 Å². The summed E-state index contributed by atoms with van der Waals surface area (Å²) in [6.07, 6.45) is 5.10. The van der Waals surface area contributed by atoms with E-state index in [1.807, 2.05) is 37.6 Å². The molecule has 4 aliphatic rings. The molecule has 8 bridgehead atoms. The van der Waals surface area contributed by atoms with Crippen LogP contribution >= 0.6 is 0 Å². The molecule has 3 amide bonds. The van der Waals surface area contributed by atoms with E-state index in [-0.39, 0.29) is 24.8 Å². The summed E-state index contributed by atoms with van der Waals surface area (Å²) in [5.74, 6) is -3.00. The lowest BCUT2D eigenvalue weighted by Crippen LogP contribution is -2.59. The number of aryl methyl sites for hydroxylation is 1. The highest BCUT2D eigenvalue weighted by Crippen LogP contribution is 2.48. The highest BCUT2D eigenvalue weighted by atomic mass is 32.2. The van der Waals surface area contributed by atoms with Gasteiger partial charge in [-0.3, -0.25) is 19.1 Å². The first-order valence-corrected chi connectivity index (χ1v) is 20.3. The summed E-state index contributed by atoms with van der Waals surface area (Å²) in [6, 6.07) is 2.43. The second-order valence-electron chi connectivity index (χ2n) is 16.0. The largest absolute Gasteiger partial charge is 0.496 e. The molecule has 2 aliphatic carbocycles. The Morgan fingerprint density at radius 1 is 1.12 bits per heavy atom. The number of anilines is 1. The van der Waals surface area contributed by atoms with Crippen molar-refractivity contribution in [3.8, 4) is 17.1 Å². The molecule has 1 aromatic carbocycles. The Morgan fingerprint density at radius 2 is 1.91 bits per heavy atom. The van der Waals surface area contributed by atoms with Crippen LogP contribution in [0.5, 0.6) is 5.75 Å². The predicted molar refractivity (Wildman–Crippen MR) is 196 cm³/mol. The summed E-state index contributed by atoms with van der Waals surface area (Å²) in [5.41, 5.74) is -1.52. The Morgan fingerprint density at radius 3 is 2.61 bits per heavy atom. The molecular weight excluding hydrogens is 755 g/mol. The van der Waals surface area contributed by atoms with E-state index in [9.17, 15) is 31.6 Å². The van der Waals surface area contributed by atoms with Gasteiger partial charge in [-0.2, -0.15) is 4.80 Å². The van der Waals surface area contributed by atoms with Crippen LogP contribution in [0.15, 0.2) is 28.7 Å². The number of alkyl halides is 2. The first-order chi connectivity index (χ1) is 26.6. The molecule has 4 heterocycles. The number of nitrogens with zero attached hydrogens (tertiary/aromatic N) is 7. The first kappa shape index (κ1) is 39.2. The molecule has 3 N–H and O–H groups in total. The van der Waals surface area contributed by atoms with Crippen molar-refractivity contribution in [1.29, 1.82) is 0 Å². The summed E-state index contributed by atoms with van der Waals surface area (Å²) >= 11 is 0. The molecule has 0 spiro atoms. The number of benzene rings is 1. The second kappa shape index (κ2) is 15.2. The number of carbonyl (C=O) groups is 3. The van der Waals surface area contributed by atoms with Crippen LogP contribution in [0.25, 0.3) is 17.5 Å². The standard InChI is InChI=1S/C36H46F2N10O7S/c1-35(2,3)28-32(50)47-19-22(17-25(47)31(49)40-36(18-24(36)29(37)38)33(51)45-56(52,53)23-13-14-23)48-44-30(42-46-48)21-12-15-26(54-4)20(16-21)10-8-6-5-7-9-11-27-41-43-34(39-28)55-27/h8,10,12,15-16,22-25,28-29H,5-7,9,11,13-14,17-19H2,1-4H3,(H,39,43)(H,40,49)(H,45,51)/b10-8+/t22-,24+,25+,28-,36-/m1/s1. The lowest BCUT2D eigenvalue weighted by molar-refractivity contribution is -0.141. The molecule has 1 saturated heterocycles. The van der Waals surface area contributed by atoms with Gasteiger partial charge in [-0.25, -0.2) is 17.2 Å². The Bertz CT molecular complexity index is 2110. The van der Waals surface area contributed by atoms with Crippen LogP contribution in [0.1, 0.15) is 89.6 Å². The summed E-state index contributed by atoms with van der Waals surface area (Å²) in [7, 11) is -2.53. The fourth-order valence-electron chi connectivity index (χ4n) is 7.29. The van der Waals surface area contributed by atoms with Gasteiger partial charge in [-0.05, 0) is 67.4 Å². The molecular formula is C36H46F2N10O7S. The minimum absolute atomic E-state index is 0.0121. The Balaban J connectivity index is 1.23. The van der Waals surface area contributed by atoms with Crippen LogP contribution in [0, 0.1) is 11.3 Å². The number of ether oxygens (including phenoxy) is 1. The number of hydrogen-bond acceptors (Lipinski definition) is 13. The molecule has 0 radical (unpaired) electrons. The highest BCUT2D eigenvalue weighted by molar-refractivity contribution is 7.91. The van der Waals surface area contributed by atoms with Crippen molar-refractivity contribution in [3.63, 3.8) is 0 Å². The van der Waals surface area contributed by atoms with Gasteiger partial charge in [0, 0.05) is 30.5 Å². The van der Waals surface area contributed by atoms with Crippen molar-refractivity contribution < 1.29 is 40.7 Å². The number of rotatable bonds is 7. The Kier molecular flexibility index (Phi) is 10.6. The molecule has 2 saturated carbocycles.